The Balaban J connectivity index is 0. The second-order valence-corrected chi connectivity index (χ2v) is 10.0. The first-order chi connectivity index (χ1) is 20.2. The third kappa shape index (κ3) is 16.9. The van der Waals surface area contributed by atoms with E-state index >= 15 is 0 Å². The number of H-pyrrole nitrogens is 2. The minimum atomic E-state index is -0.368. The van der Waals surface area contributed by atoms with Crippen molar-refractivity contribution in [3.63, 3.8) is 0 Å². The molecule has 0 aliphatic rings. The van der Waals surface area contributed by atoms with Gasteiger partial charge in [-0.3, -0.25) is 23.7 Å². The van der Waals surface area contributed by atoms with Crippen molar-refractivity contribution in [1.82, 2.24) is 30.6 Å². The van der Waals surface area contributed by atoms with Crippen molar-refractivity contribution >= 4 is 34.9 Å². The Labute approximate surface area is 318 Å². The number of hydrogen-bond donors (Lipinski definition) is 4. The van der Waals surface area contributed by atoms with E-state index in [2.05, 4.69) is 54.4 Å². The van der Waals surface area contributed by atoms with Crippen LogP contribution in [-0.4, -0.2) is 34.0 Å². The Hall–Kier alpha value is -1.99. The van der Waals surface area contributed by atoms with Crippen molar-refractivity contribution in [1.29, 1.82) is 0 Å². The molecule has 0 saturated carbocycles. The number of benzene rings is 2. The average molecular weight is 781 g/mol. The van der Waals surface area contributed by atoms with Crippen LogP contribution in [0.25, 0.3) is 9.69 Å². The monoisotopic (exact) mass is 780 g/mol. The van der Waals surface area contributed by atoms with Gasteiger partial charge in [-0.1, -0.05) is 84.2 Å². The molecule has 0 saturated heterocycles. The molecule has 0 bridgehead atoms. The topological polar surface area (TPSA) is 124 Å². The second kappa shape index (κ2) is 26.2. The molecule has 14 heteroatoms. The van der Waals surface area contributed by atoms with Crippen molar-refractivity contribution < 1.29 is 65.4 Å². The quantitative estimate of drug-likeness (QED) is 0.110. The maximum atomic E-state index is 11.6. The zero-order chi connectivity index (χ0) is 31.3. The fraction of sp³-hybridized carbons (Fsp3) is 0.200. The van der Waals surface area contributed by atoms with Crippen molar-refractivity contribution in [3.8, 4) is 0 Å². The number of aromatic amines is 2. The standard InChI is InChI=1S/2C13H11N3OS.2C2H6N.2Y/c2*1-9-11(14-2)12(17)16-13(15-9)18-8-10-6-4-3-5-7-10;2*1-3-2;;/h2*3-7H,8H2,1H3,(H,15,16,17);2*3H,1H2,2H3;;/q;;2*-1;;. The summed E-state index contributed by atoms with van der Waals surface area (Å²) in [6.07, 6.45) is 0. The molecule has 2 aromatic heterocycles. The van der Waals surface area contributed by atoms with Crippen LogP contribution in [0.15, 0.2) is 80.6 Å². The van der Waals surface area contributed by atoms with Crippen LogP contribution < -0.4 is 21.8 Å². The van der Waals surface area contributed by atoms with Crippen LogP contribution in [0.2, 0.25) is 0 Å². The average Bonchev–Trinajstić information content (AvgIpc) is 2.97. The molecule has 0 aliphatic heterocycles. The summed E-state index contributed by atoms with van der Waals surface area (Å²) in [5, 5.41) is 6.10. The van der Waals surface area contributed by atoms with Crippen LogP contribution in [0, 0.1) is 41.1 Å². The number of rotatable bonds is 6. The van der Waals surface area contributed by atoms with Gasteiger partial charge in [0.05, 0.1) is 24.5 Å². The van der Waals surface area contributed by atoms with Crippen molar-refractivity contribution in [2.75, 3.05) is 14.1 Å². The molecule has 0 fully saturated rings. The SMILES string of the molecule is [C-]#[N+]c1c(C)nc(SCc2ccccc2)[nH]c1=O.[C-]#[N+]c1c(C)nc(SCc2ccccc2)[nH]c1=O.[CH2-]NC.[CH2-]NC.[Y].[Y]. The molecule has 44 heavy (non-hydrogen) atoms. The maximum Gasteiger partial charge on any atom is 0.271 e. The molecule has 2 radical (unpaired) electrons. The van der Waals surface area contributed by atoms with Crippen LogP contribution in [0.1, 0.15) is 22.5 Å². The van der Waals surface area contributed by atoms with Gasteiger partial charge in [0.15, 0.2) is 10.3 Å². The van der Waals surface area contributed by atoms with Crippen LogP contribution in [0.5, 0.6) is 0 Å². The molecule has 0 spiro atoms. The Morgan fingerprint density at radius 1 is 0.705 bits per heavy atom. The predicted octanol–water partition coefficient (Wildman–Crippen LogP) is 5.83. The number of thioether (sulfide) groups is 2. The van der Waals surface area contributed by atoms with Gasteiger partial charge < -0.3 is 20.6 Å². The smallest absolute Gasteiger partial charge is 0.271 e. The molecule has 226 valence electrons. The molecule has 0 aliphatic carbocycles. The molecule has 2 aromatic carbocycles. The molecular weight excluding hydrogens is 746 g/mol. The number of hydrogen-bond acceptors (Lipinski definition) is 8. The van der Waals surface area contributed by atoms with Crippen molar-refractivity contribution in [3.05, 3.63) is 141 Å². The summed E-state index contributed by atoms with van der Waals surface area (Å²) in [4.78, 5) is 43.2. The second-order valence-electron chi connectivity index (χ2n) is 8.09. The molecule has 0 amide bonds. The number of aryl methyl sites for hydroxylation is 2. The van der Waals surface area contributed by atoms with Gasteiger partial charge in [0, 0.05) is 76.9 Å². The van der Waals surface area contributed by atoms with Gasteiger partial charge in [-0.05, 0) is 39.1 Å². The van der Waals surface area contributed by atoms with Gasteiger partial charge in [-0.15, -0.1) is 0 Å². The van der Waals surface area contributed by atoms with Crippen molar-refractivity contribution in [2.24, 2.45) is 0 Å². The molecule has 0 unspecified atom stereocenters. The van der Waals surface area contributed by atoms with Crippen LogP contribution >= 0.6 is 23.5 Å². The van der Waals surface area contributed by atoms with E-state index in [1.807, 2.05) is 60.7 Å². The summed E-state index contributed by atoms with van der Waals surface area (Å²) in [7, 11) is 10.0. The van der Waals surface area contributed by atoms with E-state index in [0.29, 0.717) is 21.7 Å². The molecule has 4 aromatic rings. The normalized spacial score (nSPS) is 9.00. The molecule has 2 heterocycles. The minimum Gasteiger partial charge on any atom is -0.475 e. The first kappa shape index (κ1) is 44.1. The van der Waals surface area contributed by atoms with Crippen LogP contribution in [-0.2, 0) is 76.9 Å². The summed E-state index contributed by atoms with van der Waals surface area (Å²) >= 11 is 2.90. The van der Waals surface area contributed by atoms with E-state index in [1.165, 1.54) is 23.5 Å². The van der Waals surface area contributed by atoms with E-state index < -0.39 is 0 Å². The number of aromatic nitrogens is 4. The fourth-order valence-electron chi connectivity index (χ4n) is 2.96. The van der Waals surface area contributed by atoms with Gasteiger partial charge in [0.1, 0.15) is 0 Å². The van der Waals surface area contributed by atoms with E-state index in [1.54, 1.807) is 27.9 Å². The van der Waals surface area contributed by atoms with Gasteiger partial charge >= 0.3 is 0 Å². The third-order valence-corrected chi connectivity index (χ3v) is 6.64. The first-order valence-electron chi connectivity index (χ1n) is 12.4. The van der Waals surface area contributed by atoms with E-state index in [0.717, 1.165) is 22.6 Å². The summed E-state index contributed by atoms with van der Waals surface area (Å²) in [6, 6.07) is 19.9. The van der Waals surface area contributed by atoms with Gasteiger partial charge in [0.2, 0.25) is 0 Å². The zero-order valence-corrected chi connectivity index (χ0v) is 32.5. The minimum absolute atomic E-state index is 0. The zero-order valence-electron chi connectivity index (χ0n) is 25.2. The summed E-state index contributed by atoms with van der Waals surface area (Å²) in [5.74, 6) is 1.47. The maximum absolute atomic E-state index is 11.6. The van der Waals surface area contributed by atoms with Gasteiger partial charge in [0.25, 0.3) is 22.5 Å². The summed E-state index contributed by atoms with van der Waals surface area (Å²) in [6.45, 7) is 17.1. The fourth-order valence-corrected chi connectivity index (χ4v) is 4.68. The Kier molecular flexibility index (Phi) is 26.3. The Bertz CT molecular complexity index is 1450. The van der Waals surface area contributed by atoms with Crippen LogP contribution in [0.4, 0.5) is 11.4 Å². The Morgan fingerprint density at radius 3 is 1.25 bits per heavy atom. The third-order valence-electron chi connectivity index (χ3n) is 4.76. The van der Waals surface area contributed by atoms with Crippen LogP contribution in [0.3, 0.4) is 0 Å². The molecule has 0 atom stereocenters. The molecule has 10 nitrogen and oxygen atoms in total. The van der Waals surface area contributed by atoms with Gasteiger partial charge in [-0.25, -0.2) is 19.7 Å². The van der Waals surface area contributed by atoms with Crippen molar-refractivity contribution in [2.45, 2.75) is 35.7 Å². The summed E-state index contributed by atoms with van der Waals surface area (Å²) in [5.41, 5.74) is 2.68. The molecular formula is C30H34N8O2S2Y2-2. The molecule has 4 N–H and O–H groups in total. The van der Waals surface area contributed by atoms with Gasteiger partial charge in [-0.2, -0.15) is 0 Å². The Morgan fingerprint density at radius 2 is 1.00 bits per heavy atom. The number of nitrogens with zero attached hydrogens (tertiary/aromatic N) is 4. The molecule has 4 rings (SSSR count). The first-order valence-corrected chi connectivity index (χ1v) is 14.4. The number of nitrogens with one attached hydrogen (secondary N) is 4. The van der Waals surface area contributed by atoms with E-state index in [-0.39, 0.29) is 87.9 Å². The predicted molar refractivity (Wildman–Crippen MR) is 173 cm³/mol. The van der Waals surface area contributed by atoms with E-state index in [9.17, 15) is 9.59 Å². The van der Waals surface area contributed by atoms with E-state index in [4.69, 9.17) is 13.1 Å². The largest absolute Gasteiger partial charge is 0.475 e. The summed E-state index contributed by atoms with van der Waals surface area (Å²) < 4.78 is 0.